The van der Waals surface area contributed by atoms with E-state index in [1.54, 1.807) is 0 Å². The van der Waals surface area contributed by atoms with E-state index in [2.05, 4.69) is 45.6 Å². The van der Waals surface area contributed by atoms with Crippen LogP contribution in [-0.2, 0) is 0 Å². The van der Waals surface area contributed by atoms with Crippen LogP contribution in [0.3, 0.4) is 0 Å². The number of nitrogens with zero attached hydrogens (tertiary/aromatic N) is 2. The van der Waals surface area contributed by atoms with Gasteiger partial charge in [-0.05, 0) is 30.2 Å². The van der Waals surface area contributed by atoms with Crippen LogP contribution < -0.4 is 0 Å². The lowest BCUT2D eigenvalue weighted by atomic mass is 9.79. The summed E-state index contributed by atoms with van der Waals surface area (Å²) in [6.45, 7) is 17.4. The molecule has 0 spiro atoms. The van der Waals surface area contributed by atoms with E-state index in [-0.39, 0.29) is 6.04 Å². The molecule has 17 heavy (non-hydrogen) atoms. The monoisotopic (exact) mass is 238 g/mol. The summed E-state index contributed by atoms with van der Waals surface area (Å²) in [6.07, 6.45) is 1.23. The molecule has 1 heterocycles. The summed E-state index contributed by atoms with van der Waals surface area (Å²) in [5, 5.41) is 9.16. The van der Waals surface area contributed by atoms with Gasteiger partial charge in [-0.15, -0.1) is 0 Å². The Labute approximate surface area is 108 Å². The van der Waals surface area contributed by atoms with Crippen molar-refractivity contribution in [1.82, 2.24) is 4.90 Å². The zero-order chi connectivity index (χ0) is 13.6. The molecule has 1 fully saturated rings. The van der Waals surface area contributed by atoms with E-state index in [1.165, 1.54) is 6.42 Å². The van der Waals surface area contributed by atoms with Crippen molar-refractivity contribution in [1.29, 1.82) is 5.26 Å². The van der Waals surface area contributed by atoms with E-state index in [0.29, 0.717) is 17.3 Å². The lowest BCUT2D eigenvalue weighted by Crippen LogP contribution is -2.30. The van der Waals surface area contributed by atoms with Crippen molar-refractivity contribution >= 4 is 0 Å². The maximum absolute atomic E-state index is 9.16. The number of nitriles is 1. The maximum atomic E-state index is 9.16. The van der Waals surface area contributed by atoms with Crippen LogP contribution in [0, 0.1) is 28.6 Å². The molecule has 0 aromatic rings. The van der Waals surface area contributed by atoms with Gasteiger partial charge in [-0.2, -0.15) is 5.26 Å². The molecule has 0 amide bonds. The minimum atomic E-state index is 0.141. The second kappa shape index (κ2) is 7.01. The fraction of sp³-hybridized carbons (Fsp3) is 0.933. The van der Waals surface area contributed by atoms with Crippen molar-refractivity contribution < 1.29 is 0 Å². The molecule has 100 valence electrons. The molecule has 0 bridgehead atoms. The average Bonchev–Trinajstić information content (AvgIpc) is 2.56. The second-order valence-electron chi connectivity index (χ2n) is 6.05. The van der Waals surface area contributed by atoms with E-state index >= 15 is 0 Å². The zero-order valence-electron chi connectivity index (χ0n) is 12.7. The summed E-state index contributed by atoms with van der Waals surface area (Å²) in [5.41, 5.74) is 0.378. The predicted octanol–water partition coefficient (Wildman–Crippen LogP) is 3.93. The van der Waals surface area contributed by atoms with Crippen molar-refractivity contribution in [2.75, 3.05) is 13.1 Å². The van der Waals surface area contributed by atoms with Gasteiger partial charge in [-0.3, -0.25) is 4.90 Å². The van der Waals surface area contributed by atoms with Crippen LogP contribution >= 0.6 is 0 Å². The molecule has 3 unspecified atom stereocenters. The first-order valence-electron chi connectivity index (χ1n) is 7.02. The highest BCUT2D eigenvalue weighted by Crippen LogP contribution is 2.36. The summed E-state index contributed by atoms with van der Waals surface area (Å²) >= 11 is 0. The number of hydrogen-bond acceptors (Lipinski definition) is 2. The van der Waals surface area contributed by atoms with Gasteiger partial charge in [0.1, 0.15) is 6.04 Å². The van der Waals surface area contributed by atoms with Crippen molar-refractivity contribution in [2.45, 2.75) is 60.9 Å². The summed E-state index contributed by atoms with van der Waals surface area (Å²) in [5.74, 6) is 1.21. The molecule has 0 aromatic heterocycles. The Morgan fingerprint density at radius 2 is 1.82 bits per heavy atom. The average molecular weight is 238 g/mol. The Balaban J connectivity index is 0.00000121. The first-order valence-corrected chi connectivity index (χ1v) is 7.02. The van der Waals surface area contributed by atoms with Crippen molar-refractivity contribution in [3.05, 3.63) is 0 Å². The summed E-state index contributed by atoms with van der Waals surface area (Å²) < 4.78 is 0. The van der Waals surface area contributed by atoms with Gasteiger partial charge in [0.25, 0.3) is 0 Å². The van der Waals surface area contributed by atoms with Gasteiger partial charge >= 0.3 is 0 Å². The van der Waals surface area contributed by atoms with Crippen LogP contribution in [0.15, 0.2) is 0 Å². The minimum absolute atomic E-state index is 0.141. The summed E-state index contributed by atoms with van der Waals surface area (Å²) in [4.78, 5) is 2.32. The van der Waals surface area contributed by atoms with Crippen LogP contribution in [0.25, 0.3) is 0 Å². The van der Waals surface area contributed by atoms with Crippen LogP contribution in [0.2, 0.25) is 0 Å². The SMILES string of the molecule is CC.CCN1CC(CC(C)(C)C)C(C)C1C#N. The Kier molecular flexibility index (Phi) is 6.78. The third kappa shape index (κ3) is 4.68. The van der Waals surface area contributed by atoms with Crippen molar-refractivity contribution in [3.63, 3.8) is 0 Å². The van der Waals surface area contributed by atoms with E-state index in [1.807, 2.05) is 13.8 Å². The largest absolute Gasteiger partial charge is 0.288 e. The lowest BCUT2D eigenvalue weighted by Gasteiger charge is -2.25. The second-order valence-corrected chi connectivity index (χ2v) is 6.05. The zero-order valence-corrected chi connectivity index (χ0v) is 12.7. The van der Waals surface area contributed by atoms with Crippen molar-refractivity contribution in [2.24, 2.45) is 17.3 Å². The molecule has 0 radical (unpaired) electrons. The standard InChI is InChI=1S/C13H24N2.C2H6/c1-6-15-9-11(7-13(3,4)5)10(2)12(15)8-14;1-2/h10-12H,6-7,9H2,1-5H3;1-2H3. The Bertz CT molecular complexity index is 247. The van der Waals surface area contributed by atoms with E-state index in [9.17, 15) is 0 Å². The van der Waals surface area contributed by atoms with Crippen LogP contribution in [0.1, 0.15) is 54.9 Å². The molecule has 0 saturated carbocycles. The molecule has 1 aliphatic rings. The summed E-state index contributed by atoms with van der Waals surface area (Å²) in [6, 6.07) is 2.60. The van der Waals surface area contributed by atoms with Crippen LogP contribution in [0.4, 0.5) is 0 Å². The van der Waals surface area contributed by atoms with Gasteiger partial charge in [0.15, 0.2) is 0 Å². The van der Waals surface area contributed by atoms with Crippen molar-refractivity contribution in [3.8, 4) is 6.07 Å². The molecule has 2 heteroatoms. The molecule has 1 aliphatic heterocycles. The first kappa shape index (κ1) is 16.4. The highest BCUT2D eigenvalue weighted by atomic mass is 15.2. The quantitative estimate of drug-likeness (QED) is 0.729. The molecule has 0 aliphatic carbocycles. The van der Waals surface area contributed by atoms with Crippen LogP contribution in [0.5, 0.6) is 0 Å². The van der Waals surface area contributed by atoms with Gasteiger partial charge in [0, 0.05) is 6.54 Å². The third-order valence-electron chi connectivity index (χ3n) is 3.52. The third-order valence-corrected chi connectivity index (χ3v) is 3.52. The van der Waals surface area contributed by atoms with Gasteiger partial charge in [-0.1, -0.05) is 48.5 Å². The van der Waals surface area contributed by atoms with Gasteiger partial charge in [0.2, 0.25) is 0 Å². The fourth-order valence-electron chi connectivity index (χ4n) is 2.73. The highest BCUT2D eigenvalue weighted by molar-refractivity contribution is 5.03. The lowest BCUT2D eigenvalue weighted by molar-refractivity contribution is 0.262. The Hall–Kier alpha value is -0.550. The highest BCUT2D eigenvalue weighted by Gasteiger charge is 2.39. The maximum Gasteiger partial charge on any atom is 0.101 e. The predicted molar refractivity (Wildman–Crippen MR) is 74.7 cm³/mol. The summed E-state index contributed by atoms with van der Waals surface area (Å²) in [7, 11) is 0. The topological polar surface area (TPSA) is 27.0 Å². The smallest absolute Gasteiger partial charge is 0.101 e. The van der Waals surface area contributed by atoms with Gasteiger partial charge in [-0.25, -0.2) is 0 Å². The Morgan fingerprint density at radius 1 is 1.29 bits per heavy atom. The first-order chi connectivity index (χ1) is 7.89. The molecule has 3 atom stereocenters. The molecule has 0 aromatic carbocycles. The molecular weight excluding hydrogens is 208 g/mol. The van der Waals surface area contributed by atoms with E-state index in [4.69, 9.17) is 5.26 Å². The molecule has 1 rings (SSSR count). The fourth-order valence-corrected chi connectivity index (χ4v) is 2.73. The van der Waals surface area contributed by atoms with Crippen LogP contribution in [-0.4, -0.2) is 24.0 Å². The number of likely N-dealkylation sites (tertiary alicyclic amines) is 1. The molecule has 0 N–H and O–H groups in total. The molecule has 2 nitrogen and oxygen atoms in total. The molecular formula is C15H30N2. The van der Waals surface area contributed by atoms with E-state index < -0.39 is 0 Å². The Morgan fingerprint density at radius 3 is 2.12 bits per heavy atom. The van der Waals surface area contributed by atoms with E-state index in [0.717, 1.165) is 13.1 Å². The minimum Gasteiger partial charge on any atom is -0.288 e. The molecule has 1 saturated heterocycles. The van der Waals surface area contributed by atoms with Gasteiger partial charge in [0.05, 0.1) is 6.07 Å². The number of hydrogen-bond donors (Lipinski definition) is 0. The van der Waals surface area contributed by atoms with Gasteiger partial charge < -0.3 is 0 Å². The number of rotatable bonds is 2. The normalized spacial score (nSPS) is 29.4.